The Morgan fingerprint density at radius 2 is 2.19 bits per heavy atom. The van der Waals surface area contributed by atoms with E-state index in [-0.39, 0.29) is 0 Å². The highest BCUT2D eigenvalue weighted by atomic mass is 16.5. The van der Waals surface area contributed by atoms with Crippen molar-refractivity contribution in [3.8, 4) is 5.75 Å². The molecule has 0 saturated carbocycles. The van der Waals surface area contributed by atoms with Crippen molar-refractivity contribution in [3.63, 3.8) is 0 Å². The Balaban J connectivity index is 1.86. The van der Waals surface area contributed by atoms with Crippen LogP contribution < -0.4 is 15.4 Å². The van der Waals surface area contributed by atoms with Crippen LogP contribution in [0.1, 0.15) is 12.0 Å². The fourth-order valence-electron chi connectivity index (χ4n) is 1.58. The number of aliphatic imine (C=N–C) groups is 1. The molecule has 0 spiro atoms. The lowest BCUT2D eigenvalue weighted by molar-refractivity contribution is 0.414. The average Bonchev–Trinajstić information content (AvgIpc) is 2.38. The van der Waals surface area contributed by atoms with E-state index in [4.69, 9.17) is 4.74 Å². The molecule has 0 saturated heterocycles. The number of hydrogen-bond donors (Lipinski definition) is 2. The normalized spacial score (nSPS) is 14.9. The monoisotopic (exact) mass is 219 g/mol. The van der Waals surface area contributed by atoms with Crippen LogP contribution in [-0.4, -0.2) is 26.2 Å². The predicted octanol–water partition coefficient (Wildman–Crippen LogP) is 1.13. The zero-order valence-electron chi connectivity index (χ0n) is 9.49. The molecule has 0 aromatic heterocycles. The summed E-state index contributed by atoms with van der Waals surface area (Å²) in [5.74, 6) is 1.79. The summed E-state index contributed by atoms with van der Waals surface area (Å²) < 4.78 is 5.11. The lowest BCUT2D eigenvalue weighted by Gasteiger charge is -2.16. The van der Waals surface area contributed by atoms with Crippen LogP contribution in [-0.2, 0) is 6.54 Å². The molecule has 0 bridgehead atoms. The minimum Gasteiger partial charge on any atom is -0.497 e. The van der Waals surface area contributed by atoms with E-state index in [1.807, 2.05) is 12.1 Å². The van der Waals surface area contributed by atoms with Gasteiger partial charge in [-0.2, -0.15) is 0 Å². The molecule has 4 heteroatoms. The maximum atomic E-state index is 5.11. The maximum Gasteiger partial charge on any atom is 0.191 e. The summed E-state index contributed by atoms with van der Waals surface area (Å²) in [4.78, 5) is 4.35. The van der Waals surface area contributed by atoms with Gasteiger partial charge < -0.3 is 15.4 Å². The molecule has 0 aliphatic carbocycles. The van der Waals surface area contributed by atoms with Crippen LogP contribution in [0.25, 0.3) is 0 Å². The van der Waals surface area contributed by atoms with E-state index >= 15 is 0 Å². The number of nitrogens with one attached hydrogen (secondary N) is 2. The minimum atomic E-state index is 0.788. The summed E-state index contributed by atoms with van der Waals surface area (Å²) in [5.41, 5.74) is 1.22. The molecule has 1 aromatic rings. The van der Waals surface area contributed by atoms with Crippen molar-refractivity contribution in [2.45, 2.75) is 13.0 Å². The zero-order chi connectivity index (χ0) is 11.2. The van der Waals surface area contributed by atoms with Gasteiger partial charge in [0.25, 0.3) is 0 Å². The Morgan fingerprint density at radius 1 is 1.38 bits per heavy atom. The second-order valence-corrected chi connectivity index (χ2v) is 3.71. The fourth-order valence-corrected chi connectivity index (χ4v) is 1.58. The maximum absolute atomic E-state index is 5.11. The van der Waals surface area contributed by atoms with Crippen molar-refractivity contribution in [1.82, 2.24) is 10.6 Å². The predicted molar refractivity (Wildman–Crippen MR) is 64.8 cm³/mol. The van der Waals surface area contributed by atoms with Crippen LogP contribution in [0.15, 0.2) is 29.3 Å². The van der Waals surface area contributed by atoms with Gasteiger partial charge in [-0.05, 0) is 24.1 Å². The minimum absolute atomic E-state index is 0.788. The van der Waals surface area contributed by atoms with E-state index in [0.717, 1.165) is 37.8 Å². The molecule has 86 valence electrons. The van der Waals surface area contributed by atoms with Gasteiger partial charge in [0.15, 0.2) is 5.96 Å². The van der Waals surface area contributed by atoms with Crippen molar-refractivity contribution >= 4 is 5.96 Å². The molecule has 0 radical (unpaired) electrons. The van der Waals surface area contributed by atoms with E-state index in [1.54, 1.807) is 7.11 Å². The molecule has 0 unspecified atom stereocenters. The van der Waals surface area contributed by atoms with Crippen molar-refractivity contribution < 1.29 is 4.74 Å². The average molecular weight is 219 g/mol. The number of hydrogen-bond acceptors (Lipinski definition) is 4. The number of rotatable bonds is 3. The van der Waals surface area contributed by atoms with Crippen LogP contribution in [0.5, 0.6) is 5.75 Å². The Kier molecular flexibility index (Phi) is 3.64. The smallest absolute Gasteiger partial charge is 0.191 e. The Bertz CT molecular complexity index is 359. The topological polar surface area (TPSA) is 45.6 Å². The van der Waals surface area contributed by atoms with E-state index < -0.39 is 0 Å². The van der Waals surface area contributed by atoms with Gasteiger partial charge in [0.1, 0.15) is 5.75 Å². The van der Waals surface area contributed by atoms with Crippen molar-refractivity contribution in [2.24, 2.45) is 4.99 Å². The van der Waals surface area contributed by atoms with Crippen LogP contribution in [0.4, 0.5) is 0 Å². The standard InChI is InChI=1S/C12H17N3O/c1-16-11-5-3-10(4-6-11)9-15-12-13-7-2-8-14-12/h3-6H,2,7-9H2,1H3,(H2,13,14,15). The molecule has 1 aliphatic rings. The van der Waals surface area contributed by atoms with Crippen molar-refractivity contribution in [2.75, 3.05) is 20.2 Å². The molecular weight excluding hydrogens is 202 g/mol. The number of guanidine groups is 1. The van der Waals surface area contributed by atoms with E-state index in [2.05, 4.69) is 27.8 Å². The first kappa shape index (κ1) is 10.8. The van der Waals surface area contributed by atoms with Gasteiger partial charge in [-0.15, -0.1) is 0 Å². The largest absolute Gasteiger partial charge is 0.497 e. The van der Waals surface area contributed by atoms with Crippen LogP contribution in [0.3, 0.4) is 0 Å². The molecular formula is C12H17N3O. The van der Waals surface area contributed by atoms with Crippen molar-refractivity contribution in [3.05, 3.63) is 29.8 Å². The highest BCUT2D eigenvalue weighted by Crippen LogP contribution is 2.10. The third-order valence-corrected chi connectivity index (χ3v) is 2.52. The summed E-state index contributed by atoms with van der Waals surface area (Å²) >= 11 is 0. The summed E-state index contributed by atoms with van der Waals surface area (Å²) in [6.07, 6.45) is 1.12. The Labute approximate surface area is 95.7 Å². The second-order valence-electron chi connectivity index (χ2n) is 3.71. The van der Waals surface area contributed by atoms with E-state index in [1.165, 1.54) is 5.56 Å². The lowest BCUT2D eigenvalue weighted by atomic mass is 10.2. The SMILES string of the molecule is COc1ccc(CNC2=NCCCN2)cc1. The molecule has 1 aromatic carbocycles. The molecule has 0 amide bonds. The van der Waals surface area contributed by atoms with E-state index in [0.29, 0.717) is 0 Å². The number of ether oxygens (including phenoxy) is 1. The first-order valence-electron chi connectivity index (χ1n) is 5.53. The zero-order valence-corrected chi connectivity index (χ0v) is 9.49. The first-order chi connectivity index (χ1) is 7.88. The van der Waals surface area contributed by atoms with Crippen LogP contribution >= 0.6 is 0 Å². The quantitative estimate of drug-likeness (QED) is 0.801. The van der Waals surface area contributed by atoms with Gasteiger partial charge in [0, 0.05) is 19.6 Å². The molecule has 4 nitrogen and oxygen atoms in total. The fraction of sp³-hybridized carbons (Fsp3) is 0.417. The highest BCUT2D eigenvalue weighted by molar-refractivity contribution is 5.80. The number of nitrogens with zero attached hydrogens (tertiary/aromatic N) is 1. The van der Waals surface area contributed by atoms with Crippen LogP contribution in [0, 0.1) is 0 Å². The van der Waals surface area contributed by atoms with Gasteiger partial charge in [-0.25, -0.2) is 0 Å². The molecule has 1 aliphatic heterocycles. The molecule has 0 atom stereocenters. The second kappa shape index (κ2) is 5.39. The number of methoxy groups -OCH3 is 1. The van der Waals surface area contributed by atoms with Crippen LogP contribution in [0.2, 0.25) is 0 Å². The molecule has 2 rings (SSSR count). The Morgan fingerprint density at radius 3 is 2.81 bits per heavy atom. The third kappa shape index (κ3) is 2.89. The summed E-state index contributed by atoms with van der Waals surface area (Å²) in [5, 5.41) is 6.50. The van der Waals surface area contributed by atoms with Crippen molar-refractivity contribution in [1.29, 1.82) is 0 Å². The van der Waals surface area contributed by atoms with Gasteiger partial charge in [0.2, 0.25) is 0 Å². The summed E-state index contributed by atoms with van der Waals surface area (Å²) in [6, 6.07) is 8.03. The third-order valence-electron chi connectivity index (χ3n) is 2.52. The summed E-state index contributed by atoms with van der Waals surface area (Å²) in [7, 11) is 1.67. The molecule has 0 fully saturated rings. The molecule has 1 heterocycles. The van der Waals surface area contributed by atoms with E-state index in [9.17, 15) is 0 Å². The highest BCUT2D eigenvalue weighted by Gasteiger charge is 2.02. The van der Waals surface area contributed by atoms with Gasteiger partial charge in [-0.1, -0.05) is 12.1 Å². The molecule has 16 heavy (non-hydrogen) atoms. The summed E-state index contributed by atoms with van der Waals surface area (Å²) in [6.45, 7) is 2.71. The van der Waals surface area contributed by atoms with Gasteiger partial charge in [0.05, 0.1) is 7.11 Å². The van der Waals surface area contributed by atoms with Gasteiger partial charge in [-0.3, -0.25) is 4.99 Å². The molecule has 2 N–H and O–H groups in total. The lowest BCUT2D eigenvalue weighted by Crippen LogP contribution is -2.40. The number of benzene rings is 1. The first-order valence-corrected chi connectivity index (χ1v) is 5.53. The Hall–Kier alpha value is -1.71. The van der Waals surface area contributed by atoms with Gasteiger partial charge >= 0.3 is 0 Å².